The van der Waals surface area contributed by atoms with Crippen LogP contribution in [-0.2, 0) is 139 Å². The van der Waals surface area contributed by atoms with E-state index in [1.807, 2.05) is 30.3 Å². The van der Waals surface area contributed by atoms with E-state index in [0.717, 1.165) is 50.3 Å². The van der Waals surface area contributed by atoms with Gasteiger partial charge in [0.2, 0.25) is 0 Å². The normalized spacial score (nSPS) is 9.87. The number of aliphatic carboxylic acids is 10. The Morgan fingerprint density at radius 1 is 0.204 bits per heavy atom. The van der Waals surface area contributed by atoms with Gasteiger partial charge in [-0.3, -0.25) is 47.9 Å². The minimum atomic E-state index is -0.891. The summed E-state index contributed by atoms with van der Waals surface area (Å²) < 4.78 is 44.8. The summed E-state index contributed by atoms with van der Waals surface area (Å²) >= 11 is 0. The zero-order valence-corrected chi connectivity index (χ0v) is 80.1. The van der Waals surface area contributed by atoms with E-state index in [2.05, 4.69) is 0 Å². The summed E-state index contributed by atoms with van der Waals surface area (Å²) in [6.45, 7) is -0.712. The highest BCUT2D eigenvalue weighted by Crippen LogP contribution is 2.34. The van der Waals surface area contributed by atoms with E-state index in [1.54, 1.807) is 150 Å². The quantitative estimate of drug-likeness (QED) is 0.0169. The van der Waals surface area contributed by atoms with Crippen molar-refractivity contribution in [2.75, 3.05) is 64.0 Å². The predicted octanol–water partition coefficient (Wildman–Crippen LogP) is 13.3. The number of hydrogen-bond donors (Lipinski definition) is 20. The number of aromatic hydroxyl groups is 6. The number of aliphatic hydroxyl groups is 4. The molecule has 0 aliphatic carbocycles. The van der Waals surface area contributed by atoms with E-state index in [-0.39, 0.29) is 125 Å². The number of benzene rings is 10. The molecule has 0 saturated carbocycles. The molecule has 0 fully saturated rings. The molecule has 0 aliphatic rings. The summed E-state index contributed by atoms with van der Waals surface area (Å²) in [4.78, 5) is 103. The molecule has 39 heteroatoms. The van der Waals surface area contributed by atoms with E-state index in [9.17, 15) is 73.5 Å². The Bertz CT molecular complexity index is 5550. The maximum Gasteiger partial charge on any atom is 0.303 e. The standard InChI is InChI=1S/3C11H14O4.6C10H12O4.C10H12O3/c1-14-9-5-3-8(4-6-11(12)13)7-10(9)15-2;1-15-10-4-2-8(3-5-11(13)14)9(6-10)7-12;1-15-10-4-2-3-8(9(10)7-12)5-6-11(13)14;1-14-8-4-2-7(9(11)6-8)3-5-10(12)13;1-14-9-4-2-7(6-8(9)11)3-5-10(12)13;1-14-9-6-7(2-4-8(9)11)3-5-10(12)13;1-14-8-4-2-3-7(10(8)13)5-6-9(11)12;11-6-8-5-9(12)3-1-7(8)2-4-10(13)14;11-6-8-7(4-5-10(13)14)2-1-3-9(8)12;1-13-9-5-2-8(3-6-9)4-7-10(11)12/h3,5,7H,4,6H2,1-2H3,(H,12,13);2,4,6,12H,3,5,7H2,1H3,(H,13,14);2-4,12H,5-7H2,1H3,(H,13,14);3*2,4,6,11H,3,5H2,1H3,(H,12,13);2-4,13H,5-6H2,1H3,(H,11,12);1,3,5,11-12H,2,4,6H2,(H,13,14);1-3,11-12H,4-6H2,(H,13,14);2-3,5-6H,4,7H2,1H3,(H,11,12). The first-order valence-electron chi connectivity index (χ1n) is 43.4. The fourth-order valence-electron chi connectivity index (χ4n) is 12.2. The average Bonchev–Trinajstić information content (AvgIpc) is 0.847. The van der Waals surface area contributed by atoms with Crippen LogP contribution in [0.2, 0.25) is 0 Å². The van der Waals surface area contributed by atoms with Crippen molar-refractivity contribution in [1.29, 1.82) is 0 Å². The third kappa shape index (κ3) is 51.8. The van der Waals surface area contributed by atoms with E-state index in [1.165, 1.54) is 71.9 Å². The molecule has 0 spiro atoms. The Hall–Kier alpha value is -16.3. The highest BCUT2D eigenvalue weighted by Gasteiger charge is 2.16. The summed E-state index contributed by atoms with van der Waals surface area (Å²) in [5.41, 5.74) is 10.2. The summed E-state index contributed by atoms with van der Waals surface area (Å²) in [6.07, 6.45) is 4.65. The lowest BCUT2D eigenvalue weighted by Gasteiger charge is -2.10. The molecule has 0 aromatic heterocycles. The monoisotopic (exact) mass is 1990 g/mol. The summed E-state index contributed by atoms with van der Waals surface area (Å²) in [5.74, 6) is -3.16. The Kier molecular flexibility index (Phi) is 61.3. The molecule has 0 aliphatic heterocycles. The van der Waals surface area contributed by atoms with Crippen molar-refractivity contribution in [3.63, 3.8) is 0 Å². The Balaban J connectivity index is 0.000000789. The van der Waals surface area contributed by atoms with Crippen LogP contribution in [0.15, 0.2) is 188 Å². The second-order valence-electron chi connectivity index (χ2n) is 29.7. The van der Waals surface area contributed by atoms with Gasteiger partial charge in [0, 0.05) is 81.4 Å². The lowest BCUT2D eigenvalue weighted by atomic mass is 10.0. The SMILES string of the molecule is COc1cc(CCC(=O)O)ccc1O.COc1ccc(CCC(=O)O)c(CO)c1.COc1ccc(CCC(=O)O)c(O)c1.COc1ccc(CCC(=O)O)cc1.COc1ccc(CCC(=O)O)cc1O.COc1ccc(CCC(=O)O)cc1OC.COc1cccc(CCC(=O)O)c1CO.COc1cccc(CCC(=O)O)c1O.O=C(O)CCc1ccc(O)cc1CO.O=C(O)CCc1cccc(O)c1CO. The number of carboxylic acid groups (broad SMARTS) is 10. The van der Waals surface area contributed by atoms with E-state index in [0.29, 0.717) is 144 Å². The second-order valence-corrected chi connectivity index (χ2v) is 29.7. The van der Waals surface area contributed by atoms with Gasteiger partial charge in [-0.05, 0) is 228 Å². The number of rotatable bonds is 43. The van der Waals surface area contributed by atoms with Gasteiger partial charge >= 0.3 is 59.7 Å². The largest absolute Gasteiger partial charge is 0.508 e. The molecular formula is C103H126O39. The number of methoxy groups -OCH3 is 9. The number of hydrogen-bond acceptors (Lipinski definition) is 29. The van der Waals surface area contributed by atoms with Crippen LogP contribution in [-0.4, -0.2) is 226 Å². The van der Waals surface area contributed by atoms with Crippen LogP contribution in [0.25, 0.3) is 0 Å². The molecular weight excluding hydrogens is 1860 g/mol. The van der Waals surface area contributed by atoms with Gasteiger partial charge in [-0.25, -0.2) is 0 Å². The number of phenols is 6. The van der Waals surface area contributed by atoms with E-state index < -0.39 is 59.7 Å². The molecule has 0 radical (unpaired) electrons. The van der Waals surface area contributed by atoms with Gasteiger partial charge in [0.15, 0.2) is 46.0 Å². The summed E-state index contributed by atoms with van der Waals surface area (Å²) in [7, 11) is 13.7. The number of phenolic OH excluding ortho intramolecular Hbond substituents is 5. The maximum absolute atomic E-state index is 10.4. The fraction of sp³-hybridized carbons (Fsp3) is 0.320. The van der Waals surface area contributed by atoms with Crippen molar-refractivity contribution in [3.05, 3.63) is 266 Å². The first-order valence-corrected chi connectivity index (χ1v) is 43.4. The van der Waals surface area contributed by atoms with Crippen molar-refractivity contribution in [1.82, 2.24) is 0 Å². The van der Waals surface area contributed by atoms with Gasteiger partial charge < -0.3 is 145 Å². The summed E-state index contributed by atoms with van der Waals surface area (Å²) in [5, 5.41) is 177. The third-order valence-electron chi connectivity index (χ3n) is 19.8. The van der Waals surface area contributed by atoms with Crippen LogP contribution in [0.3, 0.4) is 0 Å². The first kappa shape index (κ1) is 124. The van der Waals surface area contributed by atoms with Crippen LogP contribution < -0.4 is 42.6 Å². The molecule has 772 valence electrons. The van der Waals surface area contributed by atoms with Crippen LogP contribution in [0.4, 0.5) is 0 Å². The Morgan fingerprint density at radius 3 is 0.937 bits per heavy atom. The zero-order valence-electron chi connectivity index (χ0n) is 80.1. The summed E-state index contributed by atoms with van der Waals surface area (Å²) in [6, 6.07) is 52.3. The molecule has 0 heterocycles. The molecule has 39 nitrogen and oxygen atoms in total. The predicted molar refractivity (Wildman–Crippen MR) is 517 cm³/mol. The first-order chi connectivity index (χ1) is 67.6. The van der Waals surface area contributed by atoms with Crippen molar-refractivity contribution < 1.29 is 193 Å². The minimum absolute atomic E-state index is 0.000722. The van der Waals surface area contributed by atoms with Gasteiger partial charge in [-0.1, -0.05) is 84.9 Å². The van der Waals surface area contributed by atoms with E-state index >= 15 is 0 Å². The molecule has 142 heavy (non-hydrogen) atoms. The second kappa shape index (κ2) is 70.4. The lowest BCUT2D eigenvalue weighted by molar-refractivity contribution is -0.138. The number of para-hydroxylation sites is 1. The van der Waals surface area contributed by atoms with Crippen molar-refractivity contribution in [2.45, 2.75) is 155 Å². The topological polar surface area (TPSA) is 658 Å². The molecule has 0 saturated heterocycles. The van der Waals surface area contributed by atoms with Gasteiger partial charge in [0.25, 0.3) is 0 Å². The molecule has 0 atom stereocenters. The molecule has 10 aromatic rings. The molecule has 0 bridgehead atoms. The third-order valence-corrected chi connectivity index (χ3v) is 19.8. The Morgan fingerprint density at radius 2 is 0.528 bits per heavy atom. The average molecular weight is 1990 g/mol. The van der Waals surface area contributed by atoms with Gasteiger partial charge in [-0.2, -0.15) is 0 Å². The Labute approximate surface area is 819 Å². The van der Waals surface area contributed by atoms with Gasteiger partial charge in [0.1, 0.15) is 40.2 Å². The molecule has 10 aromatic carbocycles. The molecule has 0 amide bonds. The number of aryl methyl sites for hydroxylation is 10. The number of aliphatic hydroxyl groups excluding tert-OH is 4. The number of carboxylic acids is 10. The van der Waals surface area contributed by atoms with Gasteiger partial charge in [0.05, 0.1) is 90.4 Å². The smallest absolute Gasteiger partial charge is 0.303 e. The van der Waals surface area contributed by atoms with Gasteiger partial charge in [-0.15, -0.1) is 0 Å². The van der Waals surface area contributed by atoms with Crippen LogP contribution >= 0.6 is 0 Å². The lowest BCUT2D eigenvalue weighted by Crippen LogP contribution is -2.02. The molecule has 10 rings (SSSR count). The minimum Gasteiger partial charge on any atom is -0.508 e. The van der Waals surface area contributed by atoms with Crippen molar-refractivity contribution in [2.24, 2.45) is 0 Å². The molecule has 20 N–H and O–H groups in total. The number of carbonyl (C=O) groups is 10. The fourth-order valence-corrected chi connectivity index (χ4v) is 12.2. The van der Waals surface area contributed by atoms with Crippen molar-refractivity contribution >= 4 is 59.7 Å². The highest BCUT2D eigenvalue weighted by atomic mass is 16.5. The van der Waals surface area contributed by atoms with Crippen LogP contribution in [0.1, 0.15) is 142 Å². The van der Waals surface area contributed by atoms with Crippen LogP contribution in [0, 0.1) is 0 Å². The number of ether oxygens (including phenoxy) is 9. The van der Waals surface area contributed by atoms with Crippen LogP contribution in [0.5, 0.6) is 86.2 Å². The molecule has 0 unspecified atom stereocenters. The maximum atomic E-state index is 10.4. The highest BCUT2D eigenvalue weighted by molar-refractivity contribution is 5.71. The van der Waals surface area contributed by atoms with E-state index in [4.69, 9.17) is 119 Å². The zero-order chi connectivity index (χ0) is 107. The van der Waals surface area contributed by atoms with Crippen molar-refractivity contribution in [3.8, 4) is 86.2 Å².